The lowest BCUT2D eigenvalue weighted by Crippen LogP contribution is -2.29. The minimum Gasteiger partial charge on any atom is -0.322 e. The number of nitrogens with one attached hydrogen (secondary N) is 2. The van der Waals surface area contributed by atoms with Crippen molar-refractivity contribution in [1.29, 1.82) is 0 Å². The highest BCUT2D eigenvalue weighted by Crippen LogP contribution is 2.30. The number of rotatable bonds is 5. The van der Waals surface area contributed by atoms with E-state index in [0.717, 1.165) is 32.8 Å². The zero-order valence-electron chi connectivity index (χ0n) is 22.1. The summed E-state index contributed by atoms with van der Waals surface area (Å²) in [6.07, 6.45) is 0. The Bertz CT molecular complexity index is 1670. The molecule has 4 amide bonds. The second-order valence-corrected chi connectivity index (χ2v) is 9.66. The molecule has 7 nitrogen and oxygen atoms in total. The lowest BCUT2D eigenvalue weighted by atomic mass is 10.0. The van der Waals surface area contributed by atoms with Gasteiger partial charge in [-0.25, -0.2) is 4.90 Å². The number of benzene rings is 4. The summed E-state index contributed by atoms with van der Waals surface area (Å²) in [5.74, 6) is -1.67. The van der Waals surface area contributed by atoms with Gasteiger partial charge in [-0.05, 0) is 105 Å². The molecule has 0 bridgehead atoms. The van der Waals surface area contributed by atoms with E-state index in [9.17, 15) is 19.2 Å². The summed E-state index contributed by atoms with van der Waals surface area (Å²) < 4.78 is 0. The predicted octanol–water partition coefficient (Wildman–Crippen LogP) is 6.23. The van der Waals surface area contributed by atoms with Crippen molar-refractivity contribution in [2.24, 2.45) is 0 Å². The van der Waals surface area contributed by atoms with Crippen LogP contribution in [-0.4, -0.2) is 23.6 Å². The monoisotopic (exact) mass is 517 g/mol. The molecule has 4 aromatic carbocycles. The average molecular weight is 518 g/mol. The van der Waals surface area contributed by atoms with Crippen LogP contribution in [0.15, 0.2) is 78.9 Å². The largest absolute Gasteiger partial charge is 0.322 e. The van der Waals surface area contributed by atoms with Gasteiger partial charge < -0.3 is 10.6 Å². The fourth-order valence-corrected chi connectivity index (χ4v) is 4.54. The lowest BCUT2D eigenvalue weighted by Gasteiger charge is -2.15. The van der Waals surface area contributed by atoms with Crippen molar-refractivity contribution in [2.75, 3.05) is 15.5 Å². The van der Waals surface area contributed by atoms with Gasteiger partial charge in [-0.1, -0.05) is 24.3 Å². The van der Waals surface area contributed by atoms with Gasteiger partial charge in [-0.2, -0.15) is 0 Å². The van der Waals surface area contributed by atoms with Gasteiger partial charge in [-0.3, -0.25) is 19.2 Å². The molecular formula is C32H27N3O4. The zero-order valence-corrected chi connectivity index (χ0v) is 22.1. The fraction of sp³-hybridized carbons (Fsp3) is 0.125. The Labute approximate surface area is 226 Å². The van der Waals surface area contributed by atoms with E-state index in [0.29, 0.717) is 16.9 Å². The molecule has 4 aromatic rings. The van der Waals surface area contributed by atoms with Gasteiger partial charge in [-0.15, -0.1) is 0 Å². The maximum absolute atomic E-state index is 13.3. The normalized spacial score (nSPS) is 12.4. The number of nitrogens with zero attached hydrogens (tertiary/aromatic N) is 1. The number of imide groups is 1. The van der Waals surface area contributed by atoms with E-state index in [4.69, 9.17) is 0 Å². The molecule has 1 aliphatic rings. The molecule has 0 aliphatic carbocycles. The molecule has 39 heavy (non-hydrogen) atoms. The molecule has 0 saturated heterocycles. The molecule has 0 aromatic heterocycles. The van der Waals surface area contributed by atoms with Gasteiger partial charge in [0.1, 0.15) is 0 Å². The first-order chi connectivity index (χ1) is 18.7. The van der Waals surface area contributed by atoms with Crippen molar-refractivity contribution >= 4 is 40.7 Å². The van der Waals surface area contributed by atoms with E-state index in [1.807, 2.05) is 64.1 Å². The van der Waals surface area contributed by atoms with E-state index >= 15 is 0 Å². The number of aryl methyl sites for hydroxylation is 2. The van der Waals surface area contributed by atoms with E-state index in [-0.39, 0.29) is 28.5 Å². The van der Waals surface area contributed by atoms with Crippen LogP contribution in [0.1, 0.15) is 63.7 Å². The molecule has 1 aliphatic heterocycles. The summed E-state index contributed by atoms with van der Waals surface area (Å²) >= 11 is 0. The Morgan fingerprint density at radius 2 is 1.08 bits per heavy atom. The molecule has 0 unspecified atom stereocenters. The Morgan fingerprint density at radius 1 is 0.590 bits per heavy atom. The Morgan fingerprint density at radius 3 is 1.64 bits per heavy atom. The van der Waals surface area contributed by atoms with Gasteiger partial charge in [0.25, 0.3) is 23.6 Å². The Hall–Kier alpha value is -5.04. The summed E-state index contributed by atoms with van der Waals surface area (Å²) in [6.45, 7) is 7.80. The Balaban J connectivity index is 1.34. The van der Waals surface area contributed by atoms with Crippen LogP contribution in [0, 0.1) is 27.7 Å². The number of carbonyl (C=O) groups is 4. The lowest BCUT2D eigenvalue weighted by molar-refractivity contribution is 0.0924. The average Bonchev–Trinajstić information content (AvgIpc) is 3.18. The Kier molecular flexibility index (Phi) is 6.58. The van der Waals surface area contributed by atoms with E-state index < -0.39 is 11.8 Å². The van der Waals surface area contributed by atoms with Gasteiger partial charge >= 0.3 is 0 Å². The van der Waals surface area contributed by atoms with Crippen molar-refractivity contribution in [2.45, 2.75) is 27.7 Å². The minimum absolute atomic E-state index is 0.158. The van der Waals surface area contributed by atoms with Crippen LogP contribution in [0.2, 0.25) is 0 Å². The molecule has 0 fully saturated rings. The summed E-state index contributed by atoms with van der Waals surface area (Å²) in [5.41, 5.74) is 6.85. The van der Waals surface area contributed by atoms with Crippen molar-refractivity contribution in [3.8, 4) is 0 Å². The summed E-state index contributed by atoms with van der Waals surface area (Å²) in [5, 5.41) is 5.79. The summed E-state index contributed by atoms with van der Waals surface area (Å²) in [6, 6.07) is 22.1. The molecule has 7 heteroatoms. The van der Waals surface area contributed by atoms with Crippen LogP contribution in [0.3, 0.4) is 0 Å². The van der Waals surface area contributed by atoms with Crippen molar-refractivity contribution in [3.05, 3.63) is 123 Å². The standard InChI is InChI=1S/C32H27N3O4/c1-18-7-5-9-27(20(18)3)33-29(36)22-11-14-24(15-12-22)35-31(38)25-16-13-23(17-26(25)32(35)39)30(37)34-28-10-6-8-19(2)21(28)4/h5-17H,1-4H3,(H,33,36)(H,34,37). The molecule has 5 rings (SSSR count). The first-order valence-corrected chi connectivity index (χ1v) is 12.5. The van der Waals surface area contributed by atoms with Crippen molar-refractivity contribution < 1.29 is 19.2 Å². The minimum atomic E-state index is -0.524. The highest BCUT2D eigenvalue weighted by Gasteiger charge is 2.37. The number of anilines is 3. The highest BCUT2D eigenvalue weighted by molar-refractivity contribution is 6.34. The predicted molar refractivity (Wildman–Crippen MR) is 152 cm³/mol. The smallest absolute Gasteiger partial charge is 0.266 e. The van der Waals surface area contributed by atoms with E-state index in [2.05, 4.69) is 10.6 Å². The SMILES string of the molecule is Cc1cccc(NC(=O)c2ccc(N3C(=O)c4ccc(C(=O)Nc5cccc(C)c5C)cc4C3=O)cc2)c1C. The van der Waals surface area contributed by atoms with Crippen LogP contribution >= 0.6 is 0 Å². The third kappa shape index (κ3) is 4.70. The van der Waals surface area contributed by atoms with Crippen LogP contribution in [0.4, 0.5) is 17.1 Å². The number of amides is 4. The molecule has 2 N–H and O–H groups in total. The number of carbonyl (C=O) groups excluding carboxylic acids is 4. The number of hydrogen-bond acceptors (Lipinski definition) is 4. The molecule has 194 valence electrons. The summed E-state index contributed by atoms with van der Waals surface area (Å²) in [7, 11) is 0. The van der Waals surface area contributed by atoms with Crippen LogP contribution < -0.4 is 15.5 Å². The fourth-order valence-electron chi connectivity index (χ4n) is 4.54. The van der Waals surface area contributed by atoms with Gasteiger partial charge in [0, 0.05) is 22.5 Å². The summed E-state index contributed by atoms with van der Waals surface area (Å²) in [4.78, 5) is 53.2. The van der Waals surface area contributed by atoms with Crippen LogP contribution in [0.25, 0.3) is 0 Å². The topological polar surface area (TPSA) is 95.6 Å². The molecular weight excluding hydrogens is 490 g/mol. The first kappa shape index (κ1) is 25.6. The maximum Gasteiger partial charge on any atom is 0.266 e. The quantitative estimate of drug-likeness (QED) is 0.307. The maximum atomic E-state index is 13.3. The van der Waals surface area contributed by atoms with Gasteiger partial charge in [0.2, 0.25) is 0 Å². The third-order valence-corrected chi connectivity index (χ3v) is 7.24. The molecule has 0 spiro atoms. The van der Waals surface area contributed by atoms with Gasteiger partial charge in [0.05, 0.1) is 16.8 Å². The van der Waals surface area contributed by atoms with Crippen LogP contribution in [0.5, 0.6) is 0 Å². The molecule has 1 heterocycles. The zero-order chi connectivity index (χ0) is 27.8. The third-order valence-electron chi connectivity index (χ3n) is 7.24. The van der Waals surface area contributed by atoms with E-state index in [1.54, 1.807) is 24.3 Å². The van der Waals surface area contributed by atoms with E-state index in [1.165, 1.54) is 18.2 Å². The van der Waals surface area contributed by atoms with Crippen molar-refractivity contribution in [3.63, 3.8) is 0 Å². The number of hydrogen-bond donors (Lipinski definition) is 2. The van der Waals surface area contributed by atoms with Crippen molar-refractivity contribution in [1.82, 2.24) is 0 Å². The number of fused-ring (bicyclic) bond motifs is 1. The van der Waals surface area contributed by atoms with Gasteiger partial charge in [0.15, 0.2) is 0 Å². The van der Waals surface area contributed by atoms with Crippen LogP contribution in [-0.2, 0) is 0 Å². The second kappa shape index (κ2) is 10.0. The molecule has 0 saturated carbocycles. The molecule has 0 atom stereocenters. The second-order valence-electron chi connectivity index (χ2n) is 9.66. The highest BCUT2D eigenvalue weighted by atomic mass is 16.2. The molecule has 0 radical (unpaired) electrons. The first-order valence-electron chi connectivity index (χ1n) is 12.5.